The normalized spacial score (nSPS) is 23.0. The van der Waals surface area contributed by atoms with Gasteiger partial charge in [0.25, 0.3) is 0 Å². The summed E-state index contributed by atoms with van der Waals surface area (Å²) in [5, 5.41) is 3.18. The minimum absolute atomic E-state index is 0.0287. The lowest BCUT2D eigenvalue weighted by molar-refractivity contribution is 0.0266. The second-order valence-corrected chi connectivity index (χ2v) is 4.67. The van der Waals surface area contributed by atoms with Crippen molar-refractivity contribution in [3.63, 3.8) is 0 Å². The SMILES string of the molecule is O=C(c1cccc2c1OCCC2)C1CNCCO1. The molecule has 0 aliphatic carbocycles. The molecule has 0 spiro atoms. The molecule has 1 atom stereocenters. The average molecular weight is 247 g/mol. The molecule has 18 heavy (non-hydrogen) atoms. The fourth-order valence-corrected chi connectivity index (χ4v) is 2.49. The molecule has 1 saturated heterocycles. The number of rotatable bonds is 2. The molecule has 1 aromatic rings. The number of ketones is 1. The van der Waals surface area contributed by atoms with E-state index in [0.717, 1.165) is 30.7 Å². The van der Waals surface area contributed by atoms with Gasteiger partial charge in [0.15, 0.2) is 5.78 Å². The van der Waals surface area contributed by atoms with Crippen molar-refractivity contribution in [3.8, 4) is 5.75 Å². The standard InChI is InChI=1S/C14H17NO3/c16-13(12-9-15-6-8-17-12)11-5-1-3-10-4-2-7-18-14(10)11/h1,3,5,12,15H,2,4,6-9H2. The van der Waals surface area contributed by atoms with Crippen LogP contribution in [0.1, 0.15) is 22.3 Å². The van der Waals surface area contributed by atoms with Crippen LogP contribution in [0, 0.1) is 0 Å². The Kier molecular flexibility index (Phi) is 3.30. The maximum absolute atomic E-state index is 12.4. The fourth-order valence-electron chi connectivity index (χ4n) is 2.49. The second-order valence-electron chi connectivity index (χ2n) is 4.67. The Hall–Kier alpha value is -1.39. The van der Waals surface area contributed by atoms with Crippen molar-refractivity contribution in [2.45, 2.75) is 18.9 Å². The third-order valence-electron chi connectivity index (χ3n) is 3.42. The van der Waals surface area contributed by atoms with Gasteiger partial charge in [-0.2, -0.15) is 0 Å². The van der Waals surface area contributed by atoms with E-state index in [1.165, 1.54) is 0 Å². The third-order valence-corrected chi connectivity index (χ3v) is 3.42. The number of hydrogen-bond donors (Lipinski definition) is 1. The maximum Gasteiger partial charge on any atom is 0.196 e. The van der Waals surface area contributed by atoms with Gasteiger partial charge in [0.1, 0.15) is 11.9 Å². The topological polar surface area (TPSA) is 47.6 Å². The number of aryl methyl sites for hydroxylation is 1. The lowest BCUT2D eigenvalue weighted by atomic mass is 9.97. The molecule has 0 bridgehead atoms. The molecule has 96 valence electrons. The van der Waals surface area contributed by atoms with Crippen LogP contribution >= 0.6 is 0 Å². The first-order valence-electron chi connectivity index (χ1n) is 6.47. The number of Topliss-reactive ketones (excluding diaryl/α,β-unsaturated/α-hetero) is 1. The molecule has 0 amide bonds. The van der Waals surface area contributed by atoms with E-state index in [-0.39, 0.29) is 11.9 Å². The van der Waals surface area contributed by atoms with Gasteiger partial charge < -0.3 is 14.8 Å². The van der Waals surface area contributed by atoms with E-state index >= 15 is 0 Å². The highest BCUT2D eigenvalue weighted by Crippen LogP contribution is 2.30. The highest BCUT2D eigenvalue weighted by Gasteiger charge is 2.27. The molecular weight excluding hydrogens is 230 g/mol. The molecule has 0 aromatic heterocycles. The van der Waals surface area contributed by atoms with Crippen LogP contribution in [0.5, 0.6) is 5.75 Å². The quantitative estimate of drug-likeness (QED) is 0.797. The van der Waals surface area contributed by atoms with Gasteiger partial charge in [-0.3, -0.25) is 4.79 Å². The minimum atomic E-state index is -0.379. The minimum Gasteiger partial charge on any atom is -0.493 e. The monoisotopic (exact) mass is 247 g/mol. The Morgan fingerprint density at radius 2 is 2.28 bits per heavy atom. The molecule has 1 fully saturated rings. The van der Waals surface area contributed by atoms with Gasteiger partial charge in [-0.05, 0) is 24.5 Å². The molecule has 2 heterocycles. The Labute approximate surface area is 106 Å². The van der Waals surface area contributed by atoms with Crippen LogP contribution in [0.4, 0.5) is 0 Å². The van der Waals surface area contributed by atoms with Gasteiger partial charge >= 0.3 is 0 Å². The highest BCUT2D eigenvalue weighted by molar-refractivity contribution is 6.02. The van der Waals surface area contributed by atoms with Crippen LogP contribution in [0.15, 0.2) is 18.2 Å². The summed E-state index contributed by atoms with van der Waals surface area (Å²) in [6.45, 7) is 2.68. The lowest BCUT2D eigenvalue weighted by Crippen LogP contribution is -2.43. The zero-order valence-corrected chi connectivity index (χ0v) is 10.3. The zero-order valence-electron chi connectivity index (χ0n) is 10.3. The first-order chi connectivity index (χ1) is 8.86. The summed E-state index contributed by atoms with van der Waals surface area (Å²) in [6, 6.07) is 5.80. The molecule has 3 rings (SSSR count). The summed E-state index contributed by atoms with van der Waals surface area (Å²) in [6.07, 6.45) is 1.63. The van der Waals surface area contributed by atoms with E-state index in [0.29, 0.717) is 25.3 Å². The van der Waals surface area contributed by atoms with Crippen molar-refractivity contribution in [1.29, 1.82) is 0 Å². The zero-order chi connectivity index (χ0) is 12.4. The molecule has 1 aromatic carbocycles. The number of carbonyl (C=O) groups is 1. The Balaban J connectivity index is 1.89. The van der Waals surface area contributed by atoms with Crippen molar-refractivity contribution in [3.05, 3.63) is 29.3 Å². The van der Waals surface area contributed by atoms with Gasteiger partial charge in [0.05, 0.1) is 18.8 Å². The summed E-state index contributed by atoms with van der Waals surface area (Å²) in [5.74, 6) is 0.795. The Bertz CT molecular complexity index is 452. The van der Waals surface area contributed by atoms with E-state index in [1.807, 2.05) is 18.2 Å². The van der Waals surface area contributed by atoms with Crippen molar-refractivity contribution >= 4 is 5.78 Å². The van der Waals surface area contributed by atoms with Gasteiger partial charge in [-0.1, -0.05) is 12.1 Å². The maximum atomic E-state index is 12.4. The van der Waals surface area contributed by atoms with Crippen LogP contribution in [-0.2, 0) is 11.2 Å². The van der Waals surface area contributed by atoms with Crippen LogP contribution in [-0.4, -0.2) is 38.2 Å². The molecule has 0 saturated carbocycles. The van der Waals surface area contributed by atoms with E-state index in [1.54, 1.807) is 0 Å². The lowest BCUT2D eigenvalue weighted by Gasteiger charge is -2.25. The average Bonchev–Trinajstić information content (AvgIpc) is 2.47. The van der Waals surface area contributed by atoms with Crippen molar-refractivity contribution < 1.29 is 14.3 Å². The van der Waals surface area contributed by atoms with Crippen LogP contribution in [0.25, 0.3) is 0 Å². The summed E-state index contributed by atoms with van der Waals surface area (Å²) < 4.78 is 11.2. The largest absolute Gasteiger partial charge is 0.493 e. The number of carbonyl (C=O) groups excluding carboxylic acids is 1. The third kappa shape index (κ3) is 2.13. The van der Waals surface area contributed by atoms with E-state index in [2.05, 4.69) is 5.32 Å². The van der Waals surface area contributed by atoms with Gasteiger partial charge in [-0.15, -0.1) is 0 Å². The highest BCUT2D eigenvalue weighted by atomic mass is 16.5. The molecule has 1 N–H and O–H groups in total. The molecule has 4 heteroatoms. The Morgan fingerprint density at radius 3 is 3.11 bits per heavy atom. The second kappa shape index (κ2) is 5.08. The molecule has 0 radical (unpaired) electrons. The van der Waals surface area contributed by atoms with Crippen molar-refractivity contribution in [1.82, 2.24) is 5.32 Å². The number of nitrogens with one attached hydrogen (secondary N) is 1. The summed E-state index contributed by atoms with van der Waals surface area (Å²) in [4.78, 5) is 12.4. The molecule has 1 unspecified atom stereocenters. The predicted octanol–water partition coefficient (Wildman–Crippen LogP) is 1.18. The number of fused-ring (bicyclic) bond motifs is 1. The molecule has 4 nitrogen and oxygen atoms in total. The summed E-state index contributed by atoms with van der Waals surface area (Å²) in [5.41, 5.74) is 1.80. The fraction of sp³-hybridized carbons (Fsp3) is 0.500. The van der Waals surface area contributed by atoms with Gasteiger partial charge in [0.2, 0.25) is 0 Å². The molecule has 2 aliphatic rings. The summed E-state index contributed by atoms with van der Waals surface area (Å²) >= 11 is 0. The van der Waals surface area contributed by atoms with Crippen LogP contribution < -0.4 is 10.1 Å². The van der Waals surface area contributed by atoms with E-state index in [4.69, 9.17) is 9.47 Å². The Morgan fingerprint density at radius 1 is 1.33 bits per heavy atom. The van der Waals surface area contributed by atoms with Gasteiger partial charge in [0, 0.05) is 13.1 Å². The number of para-hydroxylation sites is 1. The predicted molar refractivity (Wildman–Crippen MR) is 67.2 cm³/mol. The summed E-state index contributed by atoms with van der Waals surface area (Å²) in [7, 11) is 0. The number of hydrogen-bond acceptors (Lipinski definition) is 4. The van der Waals surface area contributed by atoms with Crippen LogP contribution in [0.2, 0.25) is 0 Å². The van der Waals surface area contributed by atoms with Crippen molar-refractivity contribution in [2.24, 2.45) is 0 Å². The first-order valence-corrected chi connectivity index (χ1v) is 6.47. The van der Waals surface area contributed by atoms with Crippen molar-refractivity contribution in [2.75, 3.05) is 26.3 Å². The molecule has 2 aliphatic heterocycles. The number of ether oxygens (including phenoxy) is 2. The van der Waals surface area contributed by atoms with Crippen LogP contribution in [0.3, 0.4) is 0 Å². The van der Waals surface area contributed by atoms with E-state index < -0.39 is 0 Å². The number of morpholine rings is 1. The molecular formula is C14H17NO3. The first kappa shape index (κ1) is 11.7. The smallest absolute Gasteiger partial charge is 0.196 e. The number of benzene rings is 1. The van der Waals surface area contributed by atoms with Gasteiger partial charge in [-0.25, -0.2) is 0 Å². The van der Waals surface area contributed by atoms with E-state index in [9.17, 15) is 4.79 Å².